The van der Waals surface area contributed by atoms with Crippen molar-refractivity contribution in [3.63, 3.8) is 0 Å². The predicted molar refractivity (Wildman–Crippen MR) is 35.8 cm³/mol. The van der Waals surface area contributed by atoms with Crippen molar-refractivity contribution in [2.24, 2.45) is 5.90 Å². The van der Waals surface area contributed by atoms with Crippen molar-refractivity contribution in [1.82, 2.24) is 4.90 Å². The van der Waals surface area contributed by atoms with Gasteiger partial charge in [0.25, 0.3) is 0 Å². The van der Waals surface area contributed by atoms with Gasteiger partial charge >= 0.3 is 0 Å². The van der Waals surface area contributed by atoms with E-state index < -0.39 is 0 Å². The second kappa shape index (κ2) is 3.15. The van der Waals surface area contributed by atoms with Gasteiger partial charge in [-0.2, -0.15) is 0 Å². The minimum Gasteiger partial charge on any atom is -0.303 e. The predicted octanol–water partition coefficient (Wildman–Crippen LogP) is -0.0291. The largest absolute Gasteiger partial charge is 0.303 e. The number of hydrogen-bond donors (Lipinski definition) is 1. The summed E-state index contributed by atoms with van der Waals surface area (Å²) in [6.07, 6.45) is 2.70. The van der Waals surface area contributed by atoms with Crippen LogP contribution in [-0.4, -0.2) is 31.1 Å². The Morgan fingerprint density at radius 1 is 1.67 bits per heavy atom. The quantitative estimate of drug-likeness (QED) is 0.543. The van der Waals surface area contributed by atoms with Crippen LogP contribution in [0.15, 0.2) is 0 Å². The zero-order chi connectivity index (χ0) is 6.69. The monoisotopic (exact) mass is 130 g/mol. The molecule has 0 amide bonds. The fourth-order valence-electron chi connectivity index (χ4n) is 0.895. The van der Waals surface area contributed by atoms with Crippen LogP contribution in [0.1, 0.15) is 12.8 Å². The summed E-state index contributed by atoms with van der Waals surface area (Å²) < 4.78 is 0. The minimum atomic E-state index is 0.646. The van der Waals surface area contributed by atoms with Gasteiger partial charge < -0.3 is 9.74 Å². The zero-order valence-electron chi connectivity index (χ0n) is 5.84. The highest BCUT2D eigenvalue weighted by atomic mass is 16.6. The lowest BCUT2D eigenvalue weighted by molar-refractivity contribution is 0.112. The van der Waals surface area contributed by atoms with Gasteiger partial charge in [-0.25, -0.2) is 5.90 Å². The van der Waals surface area contributed by atoms with Gasteiger partial charge in [0, 0.05) is 12.6 Å². The van der Waals surface area contributed by atoms with E-state index in [9.17, 15) is 0 Å². The van der Waals surface area contributed by atoms with E-state index in [-0.39, 0.29) is 0 Å². The van der Waals surface area contributed by atoms with Gasteiger partial charge in [0.1, 0.15) is 0 Å². The summed E-state index contributed by atoms with van der Waals surface area (Å²) in [7, 11) is 2.11. The van der Waals surface area contributed by atoms with E-state index in [1.165, 1.54) is 12.8 Å². The van der Waals surface area contributed by atoms with Crippen LogP contribution in [0.2, 0.25) is 0 Å². The molecule has 0 radical (unpaired) electrons. The number of rotatable bonds is 4. The number of likely N-dealkylation sites (N-methyl/N-ethyl adjacent to an activating group) is 1. The molecule has 0 bridgehead atoms. The fourth-order valence-corrected chi connectivity index (χ4v) is 0.895. The summed E-state index contributed by atoms with van der Waals surface area (Å²) in [4.78, 5) is 6.73. The summed E-state index contributed by atoms with van der Waals surface area (Å²) in [5.74, 6) is 4.87. The first kappa shape index (κ1) is 6.99. The van der Waals surface area contributed by atoms with Crippen molar-refractivity contribution in [3.05, 3.63) is 0 Å². The SMILES string of the molecule is CN(CCON)C1CC1. The van der Waals surface area contributed by atoms with Crippen molar-refractivity contribution in [2.75, 3.05) is 20.2 Å². The normalized spacial score (nSPS) is 19.0. The molecule has 0 atom stereocenters. The van der Waals surface area contributed by atoms with Crippen molar-refractivity contribution < 1.29 is 4.84 Å². The molecule has 0 saturated heterocycles. The molecule has 1 aliphatic carbocycles. The minimum absolute atomic E-state index is 0.646. The van der Waals surface area contributed by atoms with Crippen molar-refractivity contribution in [3.8, 4) is 0 Å². The summed E-state index contributed by atoms with van der Waals surface area (Å²) in [5, 5.41) is 0. The molecule has 0 aliphatic heterocycles. The van der Waals surface area contributed by atoms with Crippen LogP contribution >= 0.6 is 0 Å². The van der Waals surface area contributed by atoms with Crippen LogP contribution in [0.3, 0.4) is 0 Å². The maximum absolute atomic E-state index is 4.87. The topological polar surface area (TPSA) is 38.5 Å². The Labute approximate surface area is 55.7 Å². The Balaban J connectivity index is 1.96. The molecule has 1 aliphatic rings. The summed E-state index contributed by atoms with van der Waals surface area (Å²) in [6, 6.07) is 0.820. The zero-order valence-corrected chi connectivity index (χ0v) is 5.84. The van der Waals surface area contributed by atoms with E-state index in [0.29, 0.717) is 6.61 Å². The average Bonchev–Trinajstić information content (AvgIpc) is 2.63. The van der Waals surface area contributed by atoms with Crippen LogP contribution in [0.25, 0.3) is 0 Å². The van der Waals surface area contributed by atoms with E-state index in [4.69, 9.17) is 5.90 Å². The van der Waals surface area contributed by atoms with E-state index in [1.807, 2.05) is 0 Å². The third-order valence-corrected chi connectivity index (χ3v) is 1.73. The molecule has 0 spiro atoms. The molecule has 3 nitrogen and oxygen atoms in total. The number of hydrogen-bond acceptors (Lipinski definition) is 3. The first-order valence-electron chi connectivity index (χ1n) is 3.36. The van der Waals surface area contributed by atoms with E-state index in [2.05, 4.69) is 16.8 Å². The molecule has 1 fully saturated rings. The lowest BCUT2D eigenvalue weighted by atomic mass is 10.5. The Bertz CT molecular complexity index is 83.1. The molecule has 9 heavy (non-hydrogen) atoms. The van der Waals surface area contributed by atoms with E-state index in [1.54, 1.807) is 0 Å². The molecule has 2 N–H and O–H groups in total. The van der Waals surface area contributed by atoms with Gasteiger partial charge in [0.2, 0.25) is 0 Å². The van der Waals surface area contributed by atoms with Crippen LogP contribution < -0.4 is 5.90 Å². The van der Waals surface area contributed by atoms with Gasteiger partial charge in [0.15, 0.2) is 0 Å². The molecule has 1 rings (SSSR count). The third kappa shape index (κ3) is 2.30. The molecule has 1 saturated carbocycles. The maximum Gasteiger partial charge on any atom is 0.0806 e. The molecule has 0 aromatic carbocycles. The summed E-state index contributed by atoms with van der Waals surface area (Å²) in [6.45, 7) is 1.61. The van der Waals surface area contributed by atoms with Crippen molar-refractivity contribution in [1.29, 1.82) is 0 Å². The van der Waals surface area contributed by atoms with E-state index in [0.717, 1.165) is 12.6 Å². The molecule has 0 unspecified atom stereocenters. The average molecular weight is 130 g/mol. The standard InChI is InChI=1S/C6H14N2O/c1-8(4-5-9-7)6-2-3-6/h6H,2-5,7H2,1H3. The van der Waals surface area contributed by atoms with Crippen LogP contribution in [0.5, 0.6) is 0 Å². The van der Waals surface area contributed by atoms with Crippen LogP contribution in [0, 0.1) is 0 Å². The summed E-state index contributed by atoms with van der Waals surface area (Å²) >= 11 is 0. The molecule has 0 aromatic rings. The highest BCUT2D eigenvalue weighted by Gasteiger charge is 2.25. The Hall–Kier alpha value is -0.120. The van der Waals surface area contributed by atoms with Gasteiger partial charge in [0.05, 0.1) is 6.61 Å². The molecule has 0 heterocycles. The maximum atomic E-state index is 4.87. The van der Waals surface area contributed by atoms with Gasteiger partial charge in [-0.05, 0) is 19.9 Å². The first-order valence-corrected chi connectivity index (χ1v) is 3.36. The van der Waals surface area contributed by atoms with Gasteiger partial charge in [-0.3, -0.25) is 0 Å². The van der Waals surface area contributed by atoms with Gasteiger partial charge in [-0.1, -0.05) is 0 Å². The second-order valence-electron chi connectivity index (χ2n) is 2.58. The molecule has 0 aromatic heterocycles. The van der Waals surface area contributed by atoms with Crippen molar-refractivity contribution in [2.45, 2.75) is 18.9 Å². The number of nitrogens with zero attached hydrogens (tertiary/aromatic N) is 1. The second-order valence-corrected chi connectivity index (χ2v) is 2.58. The van der Waals surface area contributed by atoms with Crippen LogP contribution in [-0.2, 0) is 4.84 Å². The molecule has 3 heteroatoms. The summed E-state index contributed by atoms with van der Waals surface area (Å²) in [5.41, 5.74) is 0. The van der Waals surface area contributed by atoms with Crippen molar-refractivity contribution >= 4 is 0 Å². The van der Waals surface area contributed by atoms with E-state index >= 15 is 0 Å². The Kier molecular flexibility index (Phi) is 2.45. The smallest absolute Gasteiger partial charge is 0.0806 e. The first-order chi connectivity index (χ1) is 4.34. The van der Waals surface area contributed by atoms with Crippen LogP contribution in [0.4, 0.5) is 0 Å². The molecule has 54 valence electrons. The highest BCUT2D eigenvalue weighted by molar-refractivity contribution is 4.81. The third-order valence-electron chi connectivity index (χ3n) is 1.73. The Morgan fingerprint density at radius 3 is 2.78 bits per heavy atom. The molecular weight excluding hydrogens is 116 g/mol. The number of nitrogens with two attached hydrogens (primary N) is 1. The fraction of sp³-hybridized carbons (Fsp3) is 1.00. The highest BCUT2D eigenvalue weighted by Crippen LogP contribution is 2.24. The Morgan fingerprint density at radius 2 is 2.33 bits per heavy atom. The van der Waals surface area contributed by atoms with Gasteiger partial charge in [-0.15, -0.1) is 0 Å². The lowest BCUT2D eigenvalue weighted by Gasteiger charge is -2.13. The lowest BCUT2D eigenvalue weighted by Crippen LogP contribution is -2.26. The molecular formula is C6H14N2O.